The number of ketones is 2. The number of phenols is 1. The molecule has 4 aliphatic rings. The molecule has 6 N–H and O–H groups in total. The number of carbonyl (C=O) groups excluding carboxylic acids is 3. The van der Waals surface area contributed by atoms with Crippen molar-refractivity contribution in [1.29, 1.82) is 0 Å². The number of nitrogens with zero attached hydrogens (tertiary/aromatic N) is 2. The summed E-state index contributed by atoms with van der Waals surface area (Å²) in [5.41, 5.74) is -1.41. The molecule has 4 atom stereocenters. The average molecular weight is 610 g/mol. The number of aromatic hydroxyl groups is 1. The van der Waals surface area contributed by atoms with Crippen molar-refractivity contribution in [3.05, 3.63) is 51.0 Å². The average Bonchev–Trinajstić information content (AvgIpc) is 2.90. The van der Waals surface area contributed by atoms with E-state index in [1.165, 1.54) is 19.0 Å². The lowest BCUT2D eigenvalue weighted by Gasteiger charge is -2.50. The number of alkyl halides is 3. The van der Waals surface area contributed by atoms with Crippen molar-refractivity contribution in [2.24, 2.45) is 17.6 Å². The summed E-state index contributed by atoms with van der Waals surface area (Å²) in [4.78, 5) is 42.4. The minimum atomic E-state index is -4.90. The van der Waals surface area contributed by atoms with Gasteiger partial charge in [-0.2, -0.15) is 13.2 Å². The van der Waals surface area contributed by atoms with E-state index in [-0.39, 0.29) is 24.6 Å². The van der Waals surface area contributed by atoms with E-state index in [4.69, 9.17) is 10.5 Å². The molecule has 11 nitrogen and oxygen atoms in total. The Kier molecular flexibility index (Phi) is 7.65. The number of methoxy groups -OCH3 is 1. The Bertz CT molecular complexity index is 1460. The molecule has 0 bridgehead atoms. The van der Waals surface area contributed by atoms with Gasteiger partial charge in [0.25, 0.3) is 5.91 Å². The summed E-state index contributed by atoms with van der Waals surface area (Å²) in [5, 5.41) is 44.8. The first-order valence-corrected chi connectivity index (χ1v) is 13.9. The van der Waals surface area contributed by atoms with Gasteiger partial charge in [0.15, 0.2) is 11.4 Å². The lowest BCUT2D eigenvalue weighted by Crippen LogP contribution is -2.63. The standard InChI is InChI=1S/C29H34F3N3O8/c1-34(2)22-16-9-12-8-15-19(23(37)18(12)25(39)28(16,42)26(40)20(24(22)38)27(33)41)17(36)10-13(21(15)29(30,31)32)11-35-6-4-14(43-3)5-7-35/h10,12,14,16,22,36,38-39,42H,4-9,11H2,1-3H3,(H2,33,41)/t12-,16-,22-,28-/m0/s1. The summed E-state index contributed by atoms with van der Waals surface area (Å²) in [6.07, 6.45) is -4.41. The van der Waals surface area contributed by atoms with E-state index in [9.17, 15) is 48.0 Å². The highest BCUT2D eigenvalue weighted by atomic mass is 19.4. The van der Waals surface area contributed by atoms with E-state index in [0.717, 1.165) is 6.07 Å². The molecule has 1 aliphatic heterocycles. The van der Waals surface area contributed by atoms with Crippen LogP contribution in [-0.4, -0.2) is 99.7 Å². The summed E-state index contributed by atoms with van der Waals surface area (Å²) >= 11 is 0. The van der Waals surface area contributed by atoms with E-state index in [0.29, 0.717) is 25.9 Å². The number of piperidine rings is 1. The van der Waals surface area contributed by atoms with Crippen LogP contribution in [0.4, 0.5) is 13.2 Å². The number of likely N-dealkylation sites (tertiary alicyclic amines) is 1. The first kappa shape index (κ1) is 31.0. The first-order valence-electron chi connectivity index (χ1n) is 13.9. The quantitative estimate of drug-likeness (QED) is 0.310. The highest BCUT2D eigenvalue weighted by Gasteiger charge is 2.63. The first-order chi connectivity index (χ1) is 20.0. The van der Waals surface area contributed by atoms with Crippen LogP contribution >= 0.6 is 0 Å². The molecule has 14 heteroatoms. The Labute approximate surface area is 245 Å². The fraction of sp³-hybridized carbons (Fsp3) is 0.552. The van der Waals surface area contributed by atoms with E-state index < -0.39 is 98.7 Å². The molecule has 1 amide bonds. The molecule has 1 heterocycles. The zero-order chi connectivity index (χ0) is 31.8. The Morgan fingerprint density at radius 2 is 1.81 bits per heavy atom. The highest BCUT2D eigenvalue weighted by Crippen LogP contribution is 2.54. The normalized spacial score (nSPS) is 28.7. The predicted octanol–water partition coefficient (Wildman–Crippen LogP) is 1.75. The third-order valence-corrected chi connectivity index (χ3v) is 9.35. The van der Waals surface area contributed by atoms with Crippen LogP contribution in [0.1, 0.15) is 46.3 Å². The number of amides is 1. The summed E-state index contributed by atoms with van der Waals surface area (Å²) in [5.74, 6) is -9.03. The third kappa shape index (κ3) is 4.71. The number of allylic oxidation sites excluding steroid dienone is 1. The van der Waals surface area contributed by atoms with Crippen LogP contribution in [0.2, 0.25) is 0 Å². The van der Waals surface area contributed by atoms with Gasteiger partial charge in [-0.1, -0.05) is 0 Å². The van der Waals surface area contributed by atoms with Gasteiger partial charge in [0, 0.05) is 38.2 Å². The number of nitrogens with two attached hydrogens (primary N) is 1. The minimum Gasteiger partial charge on any atom is -0.510 e. The maximum Gasteiger partial charge on any atom is 0.417 e. The SMILES string of the molecule is COC1CCN(Cc2cc(O)c3c(c2C(F)(F)F)C[C@H]2C[C@H]4[C@H](N(C)C)C(O)=C(C(N)=O)C(=O)[C@@]4(O)C(O)=C2C3=O)CC1. The second-order valence-electron chi connectivity index (χ2n) is 12.0. The van der Waals surface area contributed by atoms with Gasteiger partial charge in [0.05, 0.1) is 23.3 Å². The number of aliphatic hydroxyl groups excluding tert-OH is 2. The van der Waals surface area contributed by atoms with Gasteiger partial charge in [-0.3, -0.25) is 24.2 Å². The zero-order valence-electron chi connectivity index (χ0n) is 23.9. The number of primary amides is 1. The molecule has 1 saturated heterocycles. The number of hydrogen-bond donors (Lipinski definition) is 5. The molecule has 5 rings (SSSR count). The smallest absolute Gasteiger partial charge is 0.417 e. The number of halogens is 3. The van der Waals surface area contributed by atoms with E-state index >= 15 is 0 Å². The number of fused-ring (bicyclic) bond motifs is 3. The second-order valence-corrected chi connectivity index (χ2v) is 12.0. The van der Waals surface area contributed by atoms with Gasteiger partial charge < -0.3 is 30.9 Å². The maximum atomic E-state index is 14.7. The van der Waals surface area contributed by atoms with Gasteiger partial charge >= 0.3 is 6.18 Å². The molecule has 0 aromatic heterocycles. The number of likely N-dealkylation sites (N-methyl/N-ethyl adjacent to an activating group) is 1. The summed E-state index contributed by atoms with van der Waals surface area (Å²) in [6.45, 7) is 0.814. The van der Waals surface area contributed by atoms with Crippen LogP contribution in [0.15, 0.2) is 28.7 Å². The largest absolute Gasteiger partial charge is 0.510 e. The van der Waals surface area contributed by atoms with Gasteiger partial charge in [-0.25, -0.2) is 0 Å². The van der Waals surface area contributed by atoms with Crippen LogP contribution in [0.3, 0.4) is 0 Å². The van der Waals surface area contributed by atoms with Crippen LogP contribution in [-0.2, 0) is 33.5 Å². The fourth-order valence-electron chi connectivity index (χ4n) is 7.41. The highest BCUT2D eigenvalue weighted by molar-refractivity contribution is 6.24. The summed E-state index contributed by atoms with van der Waals surface area (Å²) in [7, 11) is 4.51. The number of hydrogen-bond acceptors (Lipinski definition) is 10. The number of aliphatic hydroxyl groups is 3. The van der Waals surface area contributed by atoms with E-state index in [1.807, 2.05) is 4.90 Å². The Morgan fingerprint density at radius 3 is 2.35 bits per heavy atom. The Morgan fingerprint density at radius 1 is 1.19 bits per heavy atom. The lowest BCUT2D eigenvalue weighted by molar-refractivity contribution is -0.148. The molecule has 0 saturated carbocycles. The Hall–Kier alpha value is -3.46. The molecule has 234 valence electrons. The molecule has 3 aliphatic carbocycles. The van der Waals surface area contributed by atoms with E-state index in [2.05, 4.69) is 0 Å². The van der Waals surface area contributed by atoms with Gasteiger partial charge in [-0.05, 0) is 62.9 Å². The van der Waals surface area contributed by atoms with Crippen molar-refractivity contribution >= 4 is 17.5 Å². The van der Waals surface area contributed by atoms with Crippen LogP contribution < -0.4 is 5.73 Å². The Balaban J connectivity index is 1.64. The molecule has 0 spiro atoms. The molecule has 0 unspecified atom stereocenters. The lowest BCUT2D eigenvalue weighted by atomic mass is 9.58. The minimum absolute atomic E-state index is 0.00159. The van der Waals surface area contributed by atoms with Crippen molar-refractivity contribution in [1.82, 2.24) is 9.80 Å². The number of ether oxygens (including phenoxy) is 1. The number of benzene rings is 1. The van der Waals surface area contributed by atoms with Crippen LogP contribution in [0.25, 0.3) is 0 Å². The van der Waals surface area contributed by atoms with E-state index in [1.54, 1.807) is 7.11 Å². The predicted molar refractivity (Wildman–Crippen MR) is 144 cm³/mol. The monoisotopic (exact) mass is 609 g/mol. The topological polar surface area (TPSA) is 174 Å². The number of carbonyl (C=O) groups is 3. The molecule has 43 heavy (non-hydrogen) atoms. The number of rotatable bonds is 5. The summed E-state index contributed by atoms with van der Waals surface area (Å²) < 4.78 is 49.5. The van der Waals surface area contributed by atoms with Crippen molar-refractivity contribution in [3.8, 4) is 5.75 Å². The van der Waals surface area contributed by atoms with Gasteiger partial charge in [-0.15, -0.1) is 0 Å². The third-order valence-electron chi connectivity index (χ3n) is 9.35. The molecule has 0 radical (unpaired) electrons. The van der Waals surface area contributed by atoms with Gasteiger partial charge in [0.1, 0.15) is 22.8 Å². The number of Topliss-reactive ketones (excluding diaryl/α,β-unsaturated/α-hetero) is 2. The van der Waals surface area contributed by atoms with Crippen molar-refractivity contribution in [3.63, 3.8) is 0 Å². The molecule has 1 fully saturated rings. The summed E-state index contributed by atoms with van der Waals surface area (Å²) in [6, 6.07) is -0.345. The van der Waals surface area contributed by atoms with Crippen LogP contribution in [0, 0.1) is 11.8 Å². The molecule has 1 aromatic carbocycles. The second kappa shape index (κ2) is 10.6. The molecular formula is C29H34F3N3O8. The van der Waals surface area contributed by atoms with Crippen molar-refractivity contribution < 1.29 is 52.7 Å². The fourth-order valence-corrected chi connectivity index (χ4v) is 7.41. The number of phenolic OH excluding ortho intramolecular Hbond substituents is 1. The van der Waals surface area contributed by atoms with Crippen molar-refractivity contribution in [2.75, 3.05) is 34.3 Å². The van der Waals surface area contributed by atoms with Gasteiger partial charge in [0.2, 0.25) is 5.78 Å². The molecular weight excluding hydrogens is 575 g/mol. The molecule has 1 aromatic rings. The van der Waals surface area contributed by atoms with Crippen LogP contribution in [0.5, 0.6) is 5.75 Å². The van der Waals surface area contributed by atoms with Crippen molar-refractivity contribution in [2.45, 2.75) is 56.2 Å². The maximum absolute atomic E-state index is 14.7. The zero-order valence-corrected chi connectivity index (χ0v) is 23.9.